The smallest absolute Gasteiger partial charge is 0.00792 e. The minimum Gasteiger partial charge on any atom is -0.315 e. The molecular weight excluding hydrogens is 136 g/mol. The van der Waals surface area contributed by atoms with Crippen LogP contribution < -0.4 is 10.6 Å². The lowest BCUT2D eigenvalue weighted by atomic mass is 10.2. The van der Waals surface area contributed by atoms with E-state index in [1.807, 2.05) is 0 Å². The molecule has 0 amide bonds. The largest absolute Gasteiger partial charge is 0.315 e. The molecule has 0 unspecified atom stereocenters. The van der Waals surface area contributed by atoms with Crippen LogP contribution in [0.25, 0.3) is 0 Å². The summed E-state index contributed by atoms with van der Waals surface area (Å²) in [6.45, 7) is 9.95. The predicted octanol–water partition coefficient (Wildman–Crippen LogP) is 1.37. The molecular formula is C9H22N2. The molecule has 2 N–H and O–H groups in total. The van der Waals surface area contributed by atoms with Gasteiger partial charge in [-0.05, 0) is 26.3 Å². The van der Waals surface area contributed by atoms with Gasteiger partial charge in [-0.1, -0.05) is 13.8 Å². The summed E-state index contributed by atoms with van der Waals surface area (Å²) in [5, 5.41) is 6.78. The lowest BCUT2D eigenvalue weighted by Crippen LogP contribution is -2.33. The molecule has 0 aliphatic carbocycles. The van der Waals surface area contributed by atoms with Crippen molar-refractivity contribution in [2.24, 2.45) is 0 Å². The second-order valence-electron chi connectivity index (χ2n) is 3.01. The number of hydrogen-bond acceptors (Lipinski definition) is 2. The Hall–Kier alpha value is -0.0800. The minimum atomic E-state index is 0.665. The normalized spacial score (nSPS) is 13.4. The van der Waals surface area contributed by atoms with E-state index in [0.29, 0.717) is 6.04 Å². The van der Waals surface area contributed by atoms with Crippen molar-refractivity contribution in [3.63, 3.8) is 0 Å². The van der Waals surface area contributed by atoms with Crippen molar-refractivity contribution >= 4 is 0 Å². The van der Waals surface area contributed by atoms with Gasteiger partial charge in [-0.3, -0.25) is 0 Å². The topological polar surface area (TPSA) is 24.1 Å². The second kappa shape index (κ2) is 8.02. The molecule has 1 atom stereocenters. The summed E-state index contributed by atoms with van der Waals surface area (Å²) < 4.78 is 0. The first-order valence-corrected chi connectivity index (χ1v) is 4.75. The van der Waals surface area contributed by atoms with E-state index in [0.717, 1.165) is 19.6 Å². The molecule has 0 aromatic heterocycles. The maximum absolute atomic E-state index is 3.43. The van der Waals surface area contributed by atoms with Crippen molar-refractivity contribution in [1.82, 2.24) is 10.6 Å². The molecule has 0 aliphatic heterocycles. The van der Waals surface area contributed by atoms with Crippen LogP contribution in [0.15, 0.2) is 0 Å². The van der Waals surface area contributed by atoms with Crippen LogP contribution in [-0.4, -0.2) is 25.7 Å². The maximum atomic E-state index is 3.43. The van der Waals surface area contributed by atoms with Crippen LogP contribution in [0.4, 0.5) is 0 Å². The molecule has 0 saturated carbocycles. The van der Waals surface area contributed by atoms with E-state index in [9.17, 15) is 0 Å². The van der Waals surface area contributed by atoms with Gasteiger partial charge in [0.05, 0.1) is 0 Å². The first-order chi connectivity index (χ1) is 5.31. The molecule has 0 rings (SSSR count). The van der Waals surface area contributed by atoms with E-state index in [1.54, 1.807) is 0 Å². The van der Waals surface area contributed by atoms with Crippen molar-refractivity contribution in [2.45, 2.75) is 39.7 Å². The zero-order valence-electron chi connectivity index (χ0n) is 8.11. The zero-order valence-corrected chi connectivity index (χ0v) is 8.11. The fraction of sp³-hybridized carbons (Fsp3) is 1.00. The van der Waals surface area contributed by atoms with Crippen LogP contribution in [0.5, 0.6) is 0 Å². The molecule has 0 spiro atoms. The summed E-state index contributed by atoms with van der Waals surface area (Å²) in [6, 6.07) is 0.665. The van der Waals surface area contributed by atoms with Gasteiger partial charge in [-0.15, -0.1) is 0 Å². The van der Waals surface area contributed by atoms with Gasteiger partial charge in [0.2, 0.25) is 0 Å². The van der Waals surface area contributed by atoms with Gasteiger partial charge >= 0.3 is 0 Å². The Kier molecular flexibility index (Phi) is 7.96. The highest BCUT2D eigenvalue weighted by Crippen LogP contribution is 1.85. The van der Waals surface area contributed by atoms with Gasteiger partial charge in [0, 0.05) is 19.1 Å². The molecule has 0 aliphatic rings. The Morgan fingerprint density at radius 2 is 1.82 bits per heavy atom. The van der Waals surface area contributed by atoms with Gasteiger partial charge in [0.15, 0.2) is 0 Å². The summed E-state index contributed by atoms with van der Waals surface area (Å²) >= 11 is 0. The van der Waals surface area contributed by atoms with E-state index < -0.39 is 0 Å². The fourth-order valence-electron chi connectivity index (χ4n) is 0.853. The summed E-state index contributed by atoms with van der Waals surface area (Å²) in [6.07, 6.45) is 2.44. The lowest BCUT2D eigenvalue weighted by molar-refractivity contribution is 0.517. The van der Waals surface area contributed by atoms with Crippen LogP contribution in [0.1, 0.15) is 33.6 Å². The summed E-state index contributed by atoms with van der Waals surface area (Å²) in [5.41, 5.74) is 0. The molecule has 2 nitrogen and oxygen atoms in total. The average molecular weight is 158 g/mol. The van der Waals surface area contributed by atoms with E-state index in [-0.39, 0.29) is 0 Å². The Balaban J connectivity index is 2.89. The van der Waals surface area contributed by atoms with Gasteiger partial charge in [-0.25, -0.2) is 0 Å². The van der Waals surface area contributed by atoms with Crippen molar-refractivity contribution < 1.29 is 0 Å². The average Bonchev–Trinajstić information content (AvgIpc) is 2.04. The molecule has 11 heavy (non-hydrogen) atoms. The fourth-order valence-corrected chi connectivity index (χ4v) is 0.853. The molecule has 0 radical (unpaired) electrons. The summed E-state index contributed by atoms with van der Waals surface area (Å²) in [4.78, 5) is 0. The Bertz CT molecular complexity index is 74.0. The van der Waals surface area contributed by atoms with E-state index in [2.05, 4.69) is 31.4 Å². The SMILES string of the molecule is CCCNCCN[C@H](C)CC. The Morgan fingerprint density at radius 3 is 2.36 bits per heavy atom. The van der Waals surface area contributed by atoms with Crippen molar-refractivity contribution in [1.29, 1.82) is 0 Å². The van der Waals surface area contributed by atoms with Crippen molar-refractivity contribution in [3.05, 3.63) is 0 Å². The molecule has 0 aromatic carbocycles. The zero-order chi connectivity index (χ0) is 8.53. The third kappa shape index (κ3) is 7.82. The monoisotopic (exact) mass is 158 g/mol. The Labute approximate surface area is 70.8 Å². The van der Waals surface area contributed by atoms with Crippen LogP contribution in [-0.2, 0) is 0 Å². The number of rotatable bonds is 7. The molecule has 0 saturated heterocycles. The predicted molar refractivity (Wildman–Crippen MR) is 50.9 cm³/mol. The maximum Gasteiger partial charge on any atom is 0.00792 e. The molecule has 0 fully saturated rings. The first-order valence-electron chi connectivity index (χ1n) is 4.75. The van der Waals surface area contributed by atoms with Crippen LogP contribution in [0, 0.1) is 0 Å². The quantitative estimate of drug-likeness (QED) is 0.547. The van der Waals surface area contributed by atoms with Crippen LogP contribution in [0.2, 0.25) is 0 Å². The third-order valence-corrected chi connectivity index (χ3v) is 1.83. The van der Waals surface area contributed by atoms with Crippen molar-refractivity contribution in [2.75, 3.05) is 19.6 Å². The van der Waals surface area contributed by atoms with Crippen LogP contribution in [0.3, 0.4) is 0 Å². The van der Waals surface area contributed by atoms with Gasteiger partial charge in [0.1, 0.15) is 0 Å². The van der Waals surface area contributed by atoms with Gasteiger partial charge in [-0.2, -0.15) is 0 Å². The van der Waals surface area contributed by atoms with E-state index >= 15 is 0 Å². The summed E-state index contributed by atoms with van der Waals surface area (Å²) in [5.74, 6) is 0. The van der Waals surface area contributed by atoms with E-state index in [1.165, 1.54) is 12.8 Å². The Morgan fingerprint density at radius 1 is 1.09 bits per heavy atom. The lowest BCUT2D eigenvalue weighted by Gasteiger charge is -2.10. The molecule has 0 bridgehead atoms. The third-order valence-electron chi connectivity index (χ3n) is 1.83. The highest BCUT2D eigenvalue weighted by atomic mass is 15.0. The first kappa shape index (κ1) is 10.9. The molecule has 68 valence electrons. The molecule has 0 heterocycles. The van der Waals surface area contributed by atoms with Gasteiger partial charge in [0.25, 0.3) is 0 Å². The standard InChI is InChI=1S/C9H22N2/c1-4-6-10-7-8-11-9(3)5-2/h9-11H,4-8H2,1-3H3/t9-/m1/s1. The minimum absolute atomic E-state index is 0.665. The number of nitrogens with one attached hydrogen (secondary N) is 2. The molecule has 0 aromatic rings. The van der Waals surface area contributed by atoms with Gasteiger partial charge < -0.3 is 10.6 Å². The summed E-state index contributed by atoms with van der Waals surface area (Å²) in [7, 11) is 0. The highest BCUT2D eigenvalue weighted by Gasteiger charge is 1.94. The van der Waals surface area contributed by atoms with E-state index in [4.69, 9.17) is 0 Å². The molecule has 2 heteroatoms. The second-order valence-corrected chi connectivity index (χ2v) is 3.01. The van der Waals surface area contributed by atoms with Crippen LogP contribution >= 0.6 is 0 Å². The highest BCUT2D eigenvalue weighted by molar-refractivity contribution is 4.58. The van der Waals surface area contributed by atoms with Crippen molar-refractivity contribution in [3.8, 4) is 0 Å². The number of hydrogen-bond donors (Lipinski definition) is 2.